The molecule has 0 spiro atoms. The van der Waals surface area contributed by atoms with Gasteiger partial charge in [-0.15, -0.1) is 0 Å². The second-order valence-electron chi connectivity index (χ2n) is 6.53. The third-order valence-electron chi connectivity index (χ3n) is 4.43. The lowest BCUT2D eigenvalue weighted by atomic mass is 10.2. The van der Waals surface area contributed by atoms with Crippen LogP contribution in [0.1, 0.15) is 33.1 Å². The zero-order valence-corrected chi connectivity index (χ0v) is 18.2. The molecule has 0 bridgehead atoms. The van der Waals surface area contributed by atoms with E-state index >= 15 is 0 Å². The van der Waals surface area contributed by atoms with Gasteiger partial charge in [0.25, 0.3) is 5.91 Å². The van der Waals surface area contributed by atoms with Crippen LogP contribution >= 0.6 is 27.5 Å². The molecule has 2 heterocycles. The summed E-state index contributed by atoms with van der Waals surface area (Å²) < 4.78 is 54.4. The number of alkyl halides is 3. The number of halogens is 6. The minimum absolute atomic E-state index is 0.215. The molecule has 0 atom stereocenters. The highest BCUT2D eigenvalue weighted by Crippen LogP contribution is 2.36. The number of benzene rings is 1. The molecule has 160 valence electrons. The number of carbonyl (C=O) groups is 1. The number of nitrogens with one attached hydrogen (secondary N) is 1. The molecule has 0 saturated carbocycles. The molecule has 12 heteroatoms. The Bertz CT molecular complexity index is 1140. The van der Waals surface area contributed by atoms with Crippen molar-refractivity contribution in [3.05, 3.63) is 61.9 Å². The number of carbonyl (C=O) groups excluding carboxylic acids is 1. The van der Waals surface area contributed by atoms with E-state index in [9.17, 15) is 22.4 Å². The number of aryl methyl sites for hydroxylation is 2. The highest BCUT2D eigenvalue weighted by atomic mass is 79.9. The first-order valence-corrected chi connectivity index (χ1v) is 9.66. The van der Waals surface area contributed by atoms with E-state index in [0.29, 0.717) is 27.3 Å². The molecule has 6 nitrogen and oxygen atoms in total. The minimum Gasteiger partial charge on any atom is -0.317 e. The Hall–Kier alpha value is -2.40. The van der Waals surface area contributed by atoms with Crippen molar-refractivity contribution in [2.45, 2.75) is 26.6 Å². The number of hydrogen-bond acceptors (Lipinski definition) is 3. The molecule has 30 heavy (non-hydrogen) atoms. The van der Waals surface area contributed by atoms with E-state index in [2.05, 4.69) is 31.4 Å². The molecule has 0 radical (unpaired) electrons. The molecular weight excluding hydrogens is 494 g/mol. The van der Waals surface area contributed by atoms with Crippen molar-refractivity contribution in [2.24, 2.45) is 7.05 Å². The molecule has 1 amide bonds. The van der Waals surface area contributed by atoms with E-state index in [1.807, 2.05) is 0 Å². The maximum absolute atomic E-state index is 13.2. The maximum atomic E-state index is 13.2. The van der Waals surface area contributed by atoms with Crippen molar-refractivity contribution >= 4 is 39.1 Å². The molecule has 0 unspecified atom stereocenters. The predicted molar refractivity (Wildman–Crippen MR) is 106 cm³/mol. The van der Waals surface area contributed by atoms with Gasteiger partial charge in [0.15, 0.2) is 11.4 Å². The number of anilines is 1. The highest BCUT2D eigenvalue weighted by molar-refractivity contribution is 9.10. The van der Waals surface area contributed by atoms with Gasteiger partial charge in [-0.1, -0.05) is 17.7 Å². The van der Waals surface area contributed by atoms with E-state index in [0.717, 1.165) is 7.05 Å². The average Bonchev–Trinajstić information content (AvgIpc) is 3.07. The van der Waals surface area contributed by atoms with Crippen LogP contribution in [0.4, 0.5) is 23.2 Å². The van der Waals surface area contributed by atoms with Crippen LogP contribution in [0.2, 0.25) is 5.02 Å². The van der Waals surface area contributed by atoms with E-state index in [1.165, 1.54) is 18.2 Å². The third-order valence-corrected chi connectivity index (χ3v) is 5.53. The monoisotopic (exact) mass is 507 g/mol. The molecule has 1 N–H and O–H groups in total. The zero-order chi connectivity index (χ0) is 22.4. The van der Waals surface area contributed by atoms with Crippen LogP contribution in [-0.4, -0.2) is 25.5 Å². The minimum atomic E-state index is -4.68. The van der Waals surface area contributed by atoms with Gasteiger partial charge in [-0.05, 0) is 47.5 Å². The predicted octanol–water partition coefficient (Wildman–Crippen LogP) is 5.11. The lowest BCUT2D eigenvalue weighted by Gasteiger charge is -2.08. The number of hydrogen-bond donors (Lipinski definition) is 1. The number of nitrogens with zero attached hydrogens (tertiary/aromatic N) is 4. The van der Waals surface area contributed by atoms with Gasteiger partial charge in [0.05, 0.1) is 28.1 Å². The fraction of sp³-hybridized carbons (Fsp3) is 0.278. The van der Waals surface area contributed by atoms with Gasteiger partial charge in [-0.2, -0.15) is 23.4 Å². The van der Waals surface area contributed by atoms with E-state index in [1.54, 1.807) is 18.5 Å². The summed E-state index contributed by atoms with van der Waals surface area (Å²) >= 11 is 8.88. The number of amides is 1. The second kappa shape index (κ2) is 8.03. The molecule has 2 aromatic heterocycles. The summed E-state index contributed by atoms with van der Waals surface area (Å²) in [5, 5.41) is 10.8. The van der Waals surface area contributed by atoms with Crippen LogP contribution in [0, 0.1) is 19.7 Å². The third kappa shape index (κ3) is 4.22. The van der Waals surface area contributed by atoms with Crippen molar-refractivity contribution in [1.29, 1.82) is 0 Å². The molecule has 0 aliphatic rings. The molecular formula is C18H15BrClF4N5O. The van der Waals surface area contributed by atoms with Gasteiger partial charge in [-0.25, -0.2) is 4.39 Å². The summed E-state index contributed by atoms with van der Waals surface area (Å²) in [6, 6.07) is 3.98. The number of aromatic nitrogens is 4. The fourth-order valence-electron chi connectivity index (χ4n) is 2.97. The van der Waals surface area contributed by atoms with Gasteiger partial charge in [0.2, 0.25) is 0 Å². The van der Waals surface area contributed by atoms with E-state index in [4.69, 9.17) is 11.6 Å². The Morgan fingerprint density at radius 1 is 1.27 bits per heavy atom. The van der Waals surface area contributed by atoms with Crippen LogP contribution in [0.15, 0.2) is 22.7 Å². The van der Waals surface area contributed by atoms with Crippen LogP contribution < -0.4 is 5.32 Å². The summed E-state index contributed by atoms with van der Waals surface area (Å²) in [5.74, 6) is -1.29. The van der Waals surface area contributed by atoms with E-state index in [-0.39, 0.29) is 11.6 Å². The summed E-state index contributed by atoms with van der Waals surface area (Å²) in [5.41, 5.74) is 0.473. The van der Waals surface area contributed by atoms with Crippen LogP contribution in [0.3, 0.4) is 0 Å². The molecule has 0 aliphatic carbocycles. The standard InChI is InChI=1S/C18H15BrClF4N5O/c1-8-14(9(2)29(26-8)7-10-4-5-11(21)6-12(10)20)25-17(30)15-13(19)16(18(22,23)24)28(3)27-15/h4-6H,7H2,1-3H3,(H,25,30). The van der Waals surface area contributed by atoms with Crippen molar-refractivity contribution in [2.75, 3.05) is 5.32 Å². The quantitative estimate of drug-likeness (QED) is 0.498. The van der Waals surface area contributed by atoms with Crippen molar-refractivity contribution in [3.8, 4) is 0 Å². The van der Waals surface area contributed by atoms with Crippen molar-refractivity contribution < 1.29 is 22.4 Å². The molecule has 3 aromatic rings. The molecule has 1 aromatic carbocycles. The lowest BCUT2D eigenvalue weighted by Crippen LogP contribution is -2.15. The van der Waals surface area contributed by atoms with Crippen LogP contribution in [0.5, 0.6) is 0 Å². The lowest BCUT2D eigenvalue weighted by molar-refractivity contribution is -0.144. The number of rotatable bonds is 4. The SMILES string of the molecule is Cc1nn(Cc2ccc(F)cc2Cl)c(C)c1NC(=O)c1nn(C)c(C(F)(F)F)c1Br. The Morgan fingerprint density at radius 2 is 1.93 bits per heavy atom. The van der Waals surface area contributed by atoms with Gasteiger partial charge >= 0.3 is 6.18 Å². The molecule has 0 fully saturated rings. The normalized spacial score (nSPS) is 11.8. The molecule has 0 saturated heterocycles. The molecule has 3 rings (SSSR count). The Kier molecular flexibility index (Phi) is 5.96. The summed E-state index contributed by atoms with van der Waals surface area (Å²) in [6.07, 6.45) is -4.68. The second-order valence-corrected chi connectivity index (χ2v) is 7.73. The average molecular weight is 509 g/mol. The first-order valence-electron chi connectivity index (χ1n) is 8.49. The van der Waals surface area contributed by atoms with Crippen LogP contribution in [-0.2, 0) is 19.8 Å². The summed E-state index contributed by atoms with van der Waals surface area (Å²) in [4.78, 5) is 12.6. The first-order chi connectivity index (χ1) is 13.9. The Labute approximate surface area is 181 Å². The van der Waals surface area contributed by atoms with Crippen molar-refractivity contribution in [1.82, 2.24) is 19.6 Å². The Morgan fingerprint density at radius 3 is 2.50 bits per heavy atom. The zero-order valence-electron chi connectivity index (χ0n) is 15.9. The van der Waals surface area contributed by atoms with Gasteiger partial charge < -0.3 is 5.32 Å². The fourth-order valence-corrected chi connectivity index (χ4v) is 3.93. The van der Waals surface area contributed by atoms with Crippen molar-refractivity contribution in [3.63, 3.8) is 0 Å². The summed E-state index contributed by atoms with van der Waals surface area (Å²) in [6.45, 7) is 3.54. The smallest absolute Gasteiger partial charge is 0.317 e. The Balaban J connectivity index is 1.89. The van der Waals surface area contributed by atoms with E-state index < -0.39 is 33.8 Å². The molecule has 0 aliphatic heterocycles. The summed E-state index contributed by atoms with van der Waals surface area (Å²) in [7, 11) is 1.10. The largest absolute Gasteiger partial charge is 0.434 e. The van der Waals surface area contributed by atoms with Gasteiger partial charge in [-0.3, -0.25) is 14.2 Å². The van der Waals surface area contributed by atoms with Gasteiger partial charge in [0.1, 0.15) is 5.82 Å². The highest BCUT2D eigenvalue weighted by Gasteiger charge is 2.39. The topological polar surface area (TPSA) is 64.7 Å². The first kappa shape index (κ1) is 22.3. The van der Waals surface area contributed by atoms with Gasteiger partial charge in [0, 0.05) is 12.1 Å². The van der Waals surface area contributed by atoms with Crippen LogP contribution in [0.25, 0.3) is 0 Å². The maximum Gasteiger partial charge on any atom is 0.434 e.